The van der Waals surface area contributed by atoms with E-state index in [9.17, 15) is 0 Å². The van der Waals surface area contributed by atoms with Crippen LogP contribution in [0.2, 0.25) is 0 Å². The van der Waals surface area contributed by atoms with E-state index in [-0.39, 0.29) is 0 Å². The maximum atomic E-state index is 5.23. The molecule has 0 unspecified atom stereocenters. The van der Waals surface area contributed by atoms with Gasteiger partial charge in [-0.25, -0.2) is 4.98 Å². The highest BCUT2D eigenvalue weighted by Gasteiger charge is 2.24. The van der Waals surface area contributed by atoms with Crippen molar-refractivity contribution in [1.29, 1.82) is 0 Å². The first-order valence-corrected chi connectivity index (χ1v) is 13.9. The molecular weight excluding hydrogens is 504 g/mol. The fourth-order valence-corrected chi connectivity index (χ4v) is 6.24. The Balaban J connectivity index is 1.53. The van der Waals surface area contributed by atoms with Gasteiger partial charge in [-0.05, 0) is 18.7 Å². The normalized spacial score (nSPS) is 14.5. The summed E-state index contributed by atoms with van der Waals surface area (Å²) in [6.07, 6.45) is 0. The van der Waals surface area contributed by atoms with Crippen molar-refractivity contribution in [3.05, 3.63) is 66.7 Å². The first kappa shape index (κ1) is 23.9. The van der Waals surface area contributed by atoms with Crippen LogP contribution < -0.4 is 9.80 Å². The maximum absolute atomic E-state index is 5.23. The molecule has 9 heteroatoms. The number of piperazine rings is 1. The number of thiophene rings is 1. The summed E-state index contributed by atoms with van der Waals surface area (Å²) in [7, 11) is 6.11. The fourth-order valence-electron chi connectivity index (χ4n) is 5.23. The molecule has 0 spiro atoms. The highest BCUT2D eigenvalue weighted by molar-refractivity contribution is 7.25. The molecule has 0 bridgehead atoms. The molecule has 2 aromatic carbocycles. The summed E-state index contributed by atoms with van der Waals surface area (Å²) < 4.78 is 1.06. The van der Waals surface area contributed by atoms with Crippen LogP contribution in [0.15, 0.2) is 66.7 Å². The number of benzene rings is 2. The molecule has 0 N–H and O–H groups in total. The van der Waals surface area contributed by atoms with Crippen LogP contribution in [0.4, 0.5) is 11.8 Å². The number of hydrogen-bond donors (Lipinski definition) is 0. The molecule has 7 rings (SSSR count). The third-order valence-corrected chi connectivity index (χ3v) is 8.33. The third-order valence-electron chi connectivity index (χ3n) is 7.32. The van der Waals surface area contributed by atoms with E-state index in [0.717, 1.165) is 80.2 Å². The van der Waals surface area contributed by atoms with Crippen LogP contribution in [0.1, 0.15) is 0 Å². The van der Waals surface area contributed by atoms with Crippen molar-refractivity contribution in [3.63, 3.8) is 0 Å². The minimum absolute atomic E-state index is 0.663. The summed E-state index contributed by atoms with van der Waals surface area (Å²) in [6.45, 7) is 3.84. The van der Waals surface area contributed by atoms with E-state index in [2.05, 4.69) is 59.3 Å². The van der Waals surface area contributed by atoms with Crippen LogP contribution >= 0.6 is 11.3 Å². The molecule has 39 heavy (non-hydrogen) atoms. The van der Waals surface area contributed by atoms with Gasteiger partial charge in [-0.3, -0.25) is 0 Å². The van der Waals surface area contributed by atoms with Crippen molar-refractivity contribution in [3.8, 4) is 22.4 Å². The van der Waals surface area contributed by atoms with Gasteiger partial charge in [-0.1, -0.05) is 60.7 Å². The van der Waals surface area contributed by atoms with Crippen LogP contribution in [0.3, 0.4) is 0 Å². The number of aromatic nitrogens is 5. The zero-order valence-electron chi connectivity index (χ0n) is 22.2. The molecule has 0 aliphatic carbocycles. The van der Waals surface area contributed by atoms with Gasteiger partial charge in [0.2, 0.25) is 5.95 Å². The standard InChI is InChI=1S/C30H28N8S/c1-36(2)30-32-27-21(28(33-30)38-16-14-37(3)15-17-38)18-22-26(31-27)24-23(19-10-6-4-7-11-19)25(34-35-29(24)39-22)20-12-8-5-9-13-20/h4-13,18H,14-17H2,1-3H3. The quantitative estimate of drug-likeness (QED) is 0.302. The van der Waals surface area contributed by atoms with Gasteiger partial charge < -0.3 is 14.7 Å². The summed E-state index contributed by atoms with van der Waals surface area (Å²) in [5, 5.41) is 11.4. The van der Waals surface area contributed by atoms with E-state index in [0.29, 0.717) is 11.6 Å². The van der Waals surface area contributed by atoms with Gasteiger partial charge in [0.15, 0.2) is 5.65 Å². The molecule has 194 valence electrons. The summed E-state index contributed by atoms with van der Waals surface area (Å²) in [5.41, 5.74) is 5.62. The van der Waals surface area contributed by atoms with Crippen LogP contribution in [0.5, 0.6) is 0 Å². The number of pyridine rings is 1. The van der Waals surface area contributed by atoms with Crippen molar-refractivity contribution in [2.24, 2.45) is 0 Å². The number of fused-ring (bicyclic) bond motifs is 4. The second-order valence-corrected chi connectivity index (χ2v) is 11.2. The molecule has 8 nitrogen and oxygen atoms in total. The van der Waals surface area contributed by atoms with Gasteiger partial charge >= 0.3 is 0 Å². The molecule has 0 radical (unpaired) electrons. The molecule has 0 saturated carbocycles. The first-order valence-electron chi connectivity index (χ1n) is 13.1. The Bertz CT molecular complexity index is 1810. The number of hydrogen-bond acceptors (Lipinski definition) is 9. The predicted octanol–water partition coefficient (Wildman–Crippen LogP) is 5.33. The lowest BCUT2D eigenvalue weighted by Gasteiger charge is -2.34. The molecule has 0 atom stereocenters. The summed E-state index contributed by atoms with van der Waals surface area (Å²) in [5.74, 6) is 1.61. The monoisotopic (exact) mass is 532 g/mol. The van der Waals surface area contributed by atoms with Crippen molar-refractivity contribution in [2.75, 3.05) is 57.1 Å². The Morgan fingerprint density at radius 1 is 0.795 bits per heavy atom. The van der Waals surface area contributed by atoms with E-state index < -0.39 is 0 Å². The third kappa shape index (κ3) is 4.14. The van der Waals surface area contributed by atoms with Gasteiger partial charge in [0.25, 0.3) is 0 Å². The SMILES string of the molecule is CN1CCN(c2nc(N(C)C)nc3nc4c(cc23)sc2nnc(-c3ccccc3)c(-c3ccccc3)c24)CC1. The highest BCUT2D eigenvalue weighted by atomic mass is 32.1. The second-order valence-electron chi connectivity index (χ2n) is 10.2. The van der Waals surface area contributed by atoms with E-state index in [1.54, 1.807) is 11.3 Å². The van der Waals surface area contributed by atoms with Crippen LogP contribution in [0, 0.1) is 0 Å². The van der Waals surface area contributed by atoms with Crippen LogP contribution in [-0.4, -0.2) is 77.4 Å². The van der Waals surface area contributed by atoms with Crippen molar-refractivity contribution < 1.29 is 0 Å². The fraction of sp³-hybridized carbons (Fsp3) is 0.233. The Morgan fingerprint density at radius 3 is 2.18 bits per heavy atom. The number of nitrogens with zero attached hydrogens (tertiary/aromatic N) is 8. The lowest BCUT2D eigenvalue weighted by atomic mass is 9.97. The Kier molecular flexibility index (Phi) is 5.82. The maximum Gasteiger partial charge on any atom is 0.228 e. The van der Waals surface area contributed by atoms with Crippen molar-refractivity contribution >= 4 is 54.6 Å². The minimum Gasteiger partial charge on any atom is -0.353 e. The first-order chi connectivity index (χ1) is 19.1. The van der Waals surface area contributed by atoms with Crippen molar-refractivity contribution in [1.82, 2.24) is 30.0 Å². The van der Waals surface area contributed by atoms with Gasteiger partial charge in [-0.2, -0.15) is 9.97 Å². The van der Waals surface area contributed by atoms with E-state index in [4.69, 9.17) is 25.1 Å². The Morgan fingerprint density at radius 2 is 1.49 bits per heavy atom. The molecule has 4 aromatic heterocycles. The number of anilines is 2. The molecule has 1 aliphatic heterocycles. The molecule has 1 aliphatic rings. The number of likely N-dealkylation sites (N-methyl/N-ethyl adjacent to an activating group) is 1. The smallest absolute Gasteiger partial charge is 0.228 e. The molecular formula is C30H28N8S. The van der Waals surface area contributed by atoms with Crippen LogP contribution in [0.25, 0.3) is 53.9 Å². The molecule has 1 fully saturated rings. The van der Waals surface area contributed by atoms with E-state index in [1.165, 1.54) is 0 Å². The lowest BCUT2D eigenvalue weighted by Crippen LogP contribution is -2.45. The molecule has 5 heterocycles. The largest absolute Gasteiger partial charge is 0.353 e. The van der Waals surface area contributed by atoms with Crippen molar-refractivity contribution in [2.45, 2.75) is 0 Å². The molecule has 0 amide bonds. The molecule has 6 aromatic rings. The highest BCUT2D eigenvalue weighted by Crippen LogP contribution is 2.43. The summed E-state index contributed by atoms with van der Waals surface area (Å²) >= 11 is 1.63. The van der Waals surface area contributed by atoms with Gasteiger partial charge in [0, 0.05) is 56.8 Å². The molecule has 1 saturated heterocycles. The average Bonchev–Trinajstić information content (AvgIpc) is 3.33. The van der Waals surface area contributed by atoms with Gasteiger partial charge in [0.1, 0.15) is 16.3 Å². The zero-order chi connectivity index (χ0) is 26.5. The Labute approximate surface area is 230 Å². The Hall–Kier alpha value is -4.21. The topological polar surface area (TPSA) is 74.2 Å². The summed E-state index contributed by atoms with van der Waals surface area (Å²) in [6, 6.07) is 22.9. The zero-order valence-corrected chi connectivity index (χ0v) is 23.0. The van der Waals surface area contributed by atoms with Gasteiger partial charge in [0.05, 0.1) is 15.6 Å². The second kappa shape index (κ2) is 9.52. The van der Waals surface area contributed by atoms with E-state index in [1.807, 2.05) is 43.3 Å². The lowest BCUT2D eigenvalue weighted by molar-refractivity contribution is 0.312. The number of rotatable bonds is 4. The average molecular weight is 533 g/mol. The predicted molar refractivity (Wildman–Crippen MR) is 161 cm³/mol. The van der Waals surface area contributed by atoms with E-state index >= 15 is 0 Å². The summed E-state index contributed by atoms with van der Waals surface area (Å²) in [4.78, 5) is 22.6. The minimum atomic E-state index is 0.663. The van der Waals surface area contributed by atoms with Crippen LogP contribution in [-0.2, 0) is 0 Å². The van der Waals surface area contributed by atoms with Gasteiger partial charge in [-0.15, -0.1) is 21.5 Å².